The number of likely N-dealkylation sites (tertiary alicyclic amines) is 2. The Bertz CT molecular complexity index is 806. The van der Waals surface area contributed by atoms with E-state index in [1.165, 1.54) is 0 Å². The summed E-state index contributed by atoms with van der Waals surface area (Å²) < 4.78 is 0. The van der Waals surface area contributed by atoms with Gasteiger partial charge in [0.2, 0.25) is 0 Å². The van der Waals surface area contributed by atoms with Crippen LogP contribution in [0.4, 0.5) is 4.79 Å². The van der Waals surface area contributed by atoms with Crippen molar-refractivity contribution in [3.05, 3.63) is 60.2 Å². The largest absolute Gasteiger partial charge is 0.339 e. The van der Waals surface area contributed by atoms with Crippen LogP contribution in [0.2, 0.25) is 0 Å². The molecule has 32 heavy (non-hydrogen) atoms. The topological polar surface area (TPSA) is 55.9 Å². The lowest BCUT2D eigenvalue weighted by molar-refractivity contribution is 0.0516. The second-order valence-electron chi connectivity index (χ2n) is 8.80. The molecule has 0 atom stereocenters. The van der Waals surface area contributed by atoms with Gasteiger partial charge in [-0.1, -0.05) is 36.4 Å². The van der Waals surface area contributed by atoms with Crippen LogP contribution in [0.5, 0.6) is 0 Å². The second kappa shape index (κ2) is 11.9. The van der Waals surface area contributed by atoms with E-state index in [2.05, 4.69) is 16.8 Å². The van der Waals surface area contributed by atoms with E-state index in [-0.39, 0.29) is 18.0 Å². The molecule has 1 N–H and O–H groups in total. The predicted molar refractivity (Wildman–Crippen MR) is 130 cm³/mol. The minimum atomic E-state index is -0.00974. The molecule has 0 bridgehead atoms. The molecular formula is C26H38N4O2. The lowest BCUT2D eigenvalue weighted by atomic mass is 9.96. The summed E-state index contributed by atoms with van der Waals surface area (Å²) in [6, 6.07) is 8.62. The first-order valence-corrected chi connectivity index (χ1v) is 11.9. The summed E-state index contributed by atoms with van der Waals surface area (Å²) in [6.45, 7) is 12.4. The Kier molecular flexibility index (Phi) is 8.91. The number of allylic oxidation sites excluding steroid dienone is 1. The lowest BCUT2D eigenvalue weighted by Crippen LogP contribution is -2.54. The molecule has 6 heteroatoms. The number of urea groups is 1. The fourth-order valence-electron chi connectivity index (χ4n) is 4.86. The molecule has 0 saturated carbocycles. The molecule has 2 saturated heterocycles. The summed E-state index contributed by atoms with van der Waals surface area (Å²) >= 11 is 0. The highest BCUT2D eigenvalue weighted by molar-refractivity contribution is 5.95. The SMILES string of the molecule is C=CCNC(=O)N(C/C=C\C)C1CCN(C2CCN(C(=O)c3ccccc3C)CC2)CC1. The number of hydrogen-bond donors (Lipinski definition) is 1. The smallest absolute Gasteiger partial charge is 0.318 e. The van der Waals surface area contributed by atoms with Crippen molar-refractivity contribution in [1.29, 1.82) is 0 Å². The molecule has 2 fully saturated rings. The number of carbonyl (C=O) groups is 2. The first-order chi connectivity index (χ1) is 15.5. The Hall–Kier alpha value is -2.60. The van der Waals surface area contributed by atoms with Gasteiger partial charge in [-0.25, -0.2) is 4.79 Å². The molecule has 0 radical (unpaired) electrons. The summed E-state index contributed by atoms with van der Waals surface area (Å²) in [5.41, 5.74) is 1.86. The van der Waals surface area contributed by atoms with E-state index in [0.29, 0.717) is 19.1 Å². The van der Waals surface area contributed by atoms with E-state index in [1.807, 2.05) is 60.1 Å². The second-order valence-corrected chi connectivity index (χ2v) is 8.80. The number of nitrogens with zero attached hydrogens (tertiary/aromatic N) is 3. The van der Waals surface area contributed by atoms with Crippen LogP contribution < -0.4 is 5.32 Å². The van der Waals surface area contributed by atoms with Crippen LogP contribution in [0.15, 0.2) is 49.1 Å². The van der Waals surface area contributed by atoms with Gasteiger partial charge in [0, 0.05) is 56.9 Å². The Morgan fingerprint density at radius 2 is 1.81 bits per heavy atom. The van der Waals surface area contributed by atoms with Crippen molar-refractivity contribution in [3.63, 3.8) is 0 Å². The van der Waals surface area contributed by atoms with Crippen LogP contribution >= 0.6 is 0 Å². The number of rotatable bonds is 7. The normalized spacial score (nSPS) is 18.6. The summed E-state index contributed by atoms with van der Waals surface area (Å²) in [7, 11) is 0. The van der Waals surface area contributed by atoms with Crippen molar-refractivity contribution in [2.24, 2.45) is 0 Å². The number of benzene rings is 1. The zero-order valence-electron chi connectivity index (χ0n) is 19.6. The molecule has 0 aliphatic carbocycles. The van der Waals surface area contributed by atoms with E-state index < -0.39 is 0 Å². The van der Waals surface area contributed by atoms with Crippen LogP contribution in [0, 0.1) is 6.92 Å². The maximum absolute atomic E-state index is 12.9. The van der Waals surface area contributed by atoms with Gasteiger partial charge >= 0.3 is 6.03 Å². The Labute approximate surface area is 192 Å². The van der Waals surface area contributed by atoms with Crippen molar-refractivity contribution in [2.75, 3.05) is 39.3 Å². The van der Waals surface area contributed by atoms with Gasteiger partial charge < -0.3 is 20.0 Å². The van der Waals surface area contributed by atoms with Crippen LogP contribution in [0.1, 0.15) is 48.5 Å². The summed E-state index contributed by atoms with van der Waals surface area (Å²) in [5.74, 6) is 0.158. The number of piperidine rings is 2. The third-order valence-electron chi connectivity index (χ3n) is 6.78. The van der Waals surface area contributed by atoms with E-state index in [0.717, 1.165) is 63.0 Å². The van der Waals surface area contributed by atoms with E-state index in [9.17, 15) is 9.59 Å². The molecule has 2 aliphatic heterocycles. The number of amides is 3. The van der Waals surface area contributed by atoms with Gasteiger partial charge in [0.15, 0.2) is 0 Å². The zero-order chi connectivity index (χ0) is 22.9. The van der Waals surface area contributed by atoms with Gasteiger partial charge in [0.05, 0.1) is 0 Å². The maximum atomic E-state index is 12.9. The zero-order valence-corrected chi connectivity index (χ0v) is 19.6. The van der Waals surface area contributed by atoms with Crippen molar-refractivity contribution < 1.29 is 9.59 Å². The van der Waals surface area contributed by atoms with Gasteiger partial charge in [-0.05, 0) is 51.2 Å². The van der Waals surface area contributed by atoms with Crippen LogP contribution in [-0.4, -0.2) is 78.0 Å². The number of carbonyl (C=O) groups excluding carboxylic acids is 2. The van der Waals surface area contributed by atoms with Crippen molar-refractivity contribution in [3.8, 4) is 0 Å². The molecule has 0 spiro atoms. The maximum Gasteiger partial charge on any atom is 0.318 e. The average Bonchev–Trinajstić information content (AvgIpc) is 2.83. The molecular weight excluding hydrogens is 400 g/mol. The van der Waals surface area contributed by atoms with Crippen molar-refractivity contribution in [2.45, 2.75) is 51.6 Å². The Morgan fingerprint density at radius 1 is 1.12 bits per heavy atom. The minimum absolute atomic E-state index is 0.00974. The Morgan fingerprint density at radius 3 is 2.44 bits per heavy atom. The van der Waals surface area contributed by atoms with Crippen LogP contribution in [0.3, 0.4) is 0 Å². The van der Waals surface area contributed by atoms with Crippen LogP contribution in [-0.2, 0) is 0 Å². The third-order valence-corrected chi connectivity index (χ3v) is 6.78. The minimum Gasteiger partial charge on any atom is -0.339 e. The van der Waals surface area contributed by atoms with Crippen molar-refractivity contribution in [1.82, 2.24) is 20.0 Å². The summed E-state index contributed by atoms with van der Waals surface area (Å²) in [6.07, 6.45) is 9.76. The molecule has 1 aromatic rings. The fourth-order valence-corrected chi connectivity index (χ4v) is 4.86. The summed E-state index contributed by atoms with van der Waals surface area (Å²) in [5, 5.41) is 2.93. The van der Waals surface area contributed by atoms with Gasteiger partial charge in [-0.3, -0.25) is 4.79 Å². The summed E-state index contributed by atoms with van der Waals surface area (Å²) in [4.78, 5) is 32.1. The van der Waals surface area contributed by atoms with Crippen LogP contribution in [0.25, 0.3) is 0 Å². The Balaban J connectivity index is 1.50. The van der Waals surface area contributed by atoms with E-state index in [4.69, 9.17) is 0 Å². The molecule has 2 aliphatic rings. The van der Waals surface area contributed by atoms with Crippen molar-refractivity contribution >= 4 is 11.9 Å². The molecule has 2 heterocycles. The predicted octanol–water partition coefficient (Wildman–Crippen LogP) is 3.84. The molecule has 174 valence electrons. The highest BCUT2D eigenvalue weighted by atomic mass is 16.2. The van der Waals surface area contributed by atoms with E-state index >= 15 is 0 Å². The van der Waals surface area contributed by atoms with E-state index in [1.54, 1.807) is 6.08 Å². The molecule has 3 amide bonds. The quantitative estimate of drug-likeness (QED) is 0.658. The standard InChI is InChI=1S/C26H38N4O2/c1-4-6-16-30(26(32)27-15-5-2)23-13-17-28(18-14-23)22-11-19-29(20-12-22)25(31)24-10-8-7-9-21(24)3/h4-10,22-23H,2,11-20H2,1,3H3,(H,27,32)/b6-4-. The highest BCUT2D eigenvalue weighted by Crippen LogP contribution is 2.24. The molecule has 3 rings (SSSR count). The molecule has 0 unspecified atom stereocenters. The van der Waals surface area contributed by atoms with Gasteiger partial charge in [-0.2, -0.15) is 0 Å². The first-order valence-electron chi connectivity index (χ1n) is 11.9. The van der Waals surface area contributed by atoms with Gasteiger partial charge in [-0.15, -0.1) is 6.58 Å². The van der Waals surface area contributed by atoms with Gasteiger partial charge in [0.1, 0.15) is 0 Å². The third kappa shape index (κ3) is 6.00. The average molecular weight is 439 g/mol. The number of nitrogens with one attached hydrogen (secondary N) is 1. The lowest BCUT2D eigenvalue weighted by Gasteiger charge is -2.44. The number of hydrogen-bond acceptors (Lipinski definition) is 3. The molecule has 6 nitrogen and oxygen atoms in total. The molecule has 1 aromatic carbocycles. The monoisotopic (exact) mass is 438 g/mol. The first kappa shape index (κ1) is 24.1. The molecule has 0 aromatic heterocycles. The number of aryl methyl sites for hydroxylation is 1. The van der Waals surface area contributed by atoms with Gasteiger partial charge in [0.25, 0.3) is 5.91 Å². The highest BCUT2D eigenvalue weighted by Gasteiger charge is 2.32. The fraction of sp³-hybridized carbons (Fsp3) is 0.538.